The summed E-state index contributed by atoms with van der Waals surface area (Å²) in [4.78, 5) is 2.24. The molecule has 2 heteroatoms. The normalized spacial score (nSPS) is 32.8. The van der Waals surface area contributed by atoms with Gasteiger partial charge in [0.25, 0.3) is 0 Å². The summed E-state index contributed by atoms with van der Waals surface area (Å²) < 4.78 is 0. The molecule has 0 aromatic heterocycles. The minimum atomic E-state index is 0.307. The molecule has 1 N–H and O–H groups in total. The van der Waals surface area contributed by atoms with Gasteiger partial charge in [-0.15, -0.1) is 0 Å². The van der Waals surface area contributed by atoms with Crippen molar-refractivity contribution in [2.24, 2.45) is 17.3 Å². The van der Waals surface area contributed by atoms with Crippen LogP contribution in [0.2, 0.25) is 0 Å². The largest absolute Gasteiger partial charge is 0.395 e. The van der Waals surface area contributed by atoms with E-state index in [1.54, 1.807) is 0 Å². The second kappa shape index (κ2) is 3.58. The summed E-state index contributed by atoms with van der Waals surface area (Å²) in [6.45, 7) is 10.6. The van der Waals surface area contributed by atoms with E-state index >= 15 is 0 Å². The molecule has 0 spiro atoms. The molecule has 1 fully saturated rings. The molecule has 0 aliphatic carbocycles. The van der Waals surface area contributed by atoms with Crippen LogP contribution in [-0.2, 0) is 0 Å². The summed E-state index contributed by atoms with van der Waals surface area (Å²) in [7, 11) is 2.09. The van der Waals surface area contributed by atoms with Crippen LogP contribution >= 0.6 is 0 Å². The van der Waals surface area contributed by atoms with Gasteiger partial charge in [0.2, 0.25) is 0 Å². The van der Waals surface area contributed by atoms with Crippen molar-refractivity contribution in [2.45, 2.75) is 33.7 Å². The molecule has 1 rings (SSSR count). The van der Waals surface area contributed by atoms with Crippen molar-refractivity contribution < 1.29 is 5.11 Å². The molecule has 1 heterocycles. The first-order valence-corrected chi connectivity index (χ1v) is 5.19. The van der Waals surface area contributed by atoms with Crippen LogP contribution in [0.15, 0.2) is 0 Å². The average Bonchev–Trinajstić information content (AvgIpc) is 1.97. The van der Waals surface area contributed by atoms with Crippen LogP contribution in [0, 0.1) is 17.3 Å². The molecule has 0 aromatic carbocycles. The first kappa shape index (κ1) is 11.0. The van der Waals surface area contributed by atoms with Crippen molar-refractivity contribution in [3.05, 3.63) is 0 Å². The second-order valence-corrected chi connectivity index (χ2v) is 5.51. The van der Waals surface area contributed by atoms with Crippen molar-refractivity contribution in [1.29, 1.82) is 0 Å². The highest BCUT2D eigenvalue weighted by atomic mass is 16.3. The zero-order valence-corrected chi connectivity index (χ0v) is 9.54. The molecule has 3 atom stereocenters. The summed E-state index contributed by atoms with van der Waals surface area (Å²) in [5.74, 6) is 1.36. The summed E-state index contributed by atoms with van der Waals surface area (Å²) in [6.07, 6.45) is 0. The topological polar surface area (TPSA) is 23.5 Å². The molecule has 1 saturated heterocycles. The smallest absolute Gasteiger partial charge is 0.0590 e. The van der Waals surface area contributed by atoms with Gasteiger partial charge in [-0.3, -0.25) is 0 Å². The van der Waals surface area contributed by atoms with E-state index in [9.17, 15) is 5.11 Å². The van der Waals surface area contributed by atoms with Crippen LogP contribution in [0.25, 0.3) is 0 Å². The molecular formula is C11H23NO. The molecule has 1 aliphatic heterocycles. The van der Waals surface area contributed by atoms with Crippen LogP contribution in [0.4, 0.5) is 0 Å². The van der Waals surface area contributed by atoms with Gasteiger partial charge in [-0.05, 0) is 24.3 Å². The summed E-state index contributed by atoms with van der Waals surface area (Å²) in [5.41, 5.74) is 0.360. The van der Waals surface area contributed by atoms with Crippen LogP contribution < -0.4 is 0 Å². The molecule has 13 heavy (non-hydrogen) atoms. The lowest BCUT2D eigenvalue weighted by Gasteiger charge is -2.51. The van der Waals surface area contributed by atoms with Crippen LogP contribution in [0.5, 0.6) is 0 Å². The minimum Gasteiger partial charge on any atom is -0.395 e. The third-order valence-electron chi connectivity index (χ3n) is 3.75. The Kier molecular flexibility index (Phi) is 3.03. The number of hydrogen-bond acceptors (Lipinski definition) is 2. The number of likely N-dealkylation sites (N-methyl/N-ethyl adjacent to an activating group) is 1. The second-order valence-electron chi connectivity index (χ2n) is 5.51. The van der Waals surface area contributed by atoms with E-state index in [2.05, 4.69) is 39.6 Å². The zero-order valence-electron chi connectivity index (χ0n) is 9.54. The van der Waals surface area contributed by atoms with E-state index in [0.29, 0.717) is 29.9 Å². The third-order valence-corrected chi connectivity index (χ3v) is 3.75. The van der Waals surface area contributed by atoms with Crippen LogP contribution in [-0.4, -0.2) is 36.2 Å². The standard InChI is InChI=1S/C11H23NO/c1-8(11(2,3)4)9-6-12(5)10(9)7-13/h8-10,13H,6-7H2,1-5H3/t8-,9?,10-/m1/s1. The Morgan fingerprint density at radius 1 is 1.46 bits per heavy atom. The average molecular weight is 185 g/mol. The van der Waals surface area contributed by atoms with Crippen LogP contribution in [0.1, 0.15) is 27.7 Å². The van der Waals surface area contributed by atoms with E-state index < -0.39 is 0 Å². The Bertz CT molecular complexity index is 173. The lowest BCUT2D eigenvalue weighted by atomic mass is 9.68. The van der Waals surface area contributed by atoms with Gasteiger partial charge in [0, 0.05) is 12.6 Å². The van der Waals surface area contributed by atoms with E-state index in [1.165, 1.54) is 0 Å². The van der Waals surface area contributed by atoms with E-state index in [1.807, 2.05) is 0 Å². The number of likely N-dealkylation sites (tertiary alicyclic amines) is 1. The first-order chi connectivity index (χ1) is 5.88. The van der Waals surface area contributed by atoms with Gasteiger partial charge in [-0.2, -0.15) is 0 Å². The summed E-state index contributed by atoms with van der Waals surface area (Å²) >= 11 is 0. The molecule has 0 radical (unpaired) electrons. The van der Waals surface area contributed by atoms with Gasteiger partial charge >= 0.3 is 0 Å². The Labute approximate surface area is 81.9 Å². The van der Waals surface area contributed by atoms with Gasteiger partial charge in [0.15, 0.2) is 0 Å². The van der Waals surface area contributed by atoms with Gasteiger partial charge in [0.1, 0.15) is 0 Å². The predicted octanol–water partition coefficient (Wildman–Crippen LogP) is 1.59. The van der Waals surface area contributed by atoms with Gasteiger partial charge in [0.05, 0.1) is 6.61 Å². The SMILES string of the molecule is C[C@H](C1CN(C)[C@@H]1CO)C(C)(C)C. The van der Waals surface area contributed by atoms with E-state index in [0.717, 1.165) is 6.54 Å². The third kappa shape index (κ3) is 2.05. The molecule has 0 amide bonds. The quantitative estimate of drug-likeness (QED) is 0.706. The van der Waals surface area contributed by atoms with Gasteiger partial charge < -0.3 is 10.0 Å². The maximum absolute atomic E-state index is 9.20. The predicted molar refractivity (Wildman–Crippen MR) is 55.6 cm³/mol. The molecule has 0 bridgehead atoms. The maximum atomic E-state index is 9.20. The number of nitrogens with zero attached hydrogens (tertiary/aromatic N) is 1. The Morgan fingerprint density at radius 2 is 2.00 bits per heavy atom. The Balaban J connectivity index is 2.55. The first-order valence-electron chi connectivity index (χ1n) is 5.19. The fraction of sp³-hybridized carbons (Fsp3) is 1.00. The molecule has 1 aliphatic rings. The van der Waals surface area contributed by atoms with Crippen molar-refractivity contribution in [2.75, 3.05) is 20.2 Å². The fourth-order valence-electron chi connectivity index (χ4n) is 2.19. The summed E-state index contributed by atoms with van der Waals surface area (Å²) in [6, 6.07) is 0.397. The number of aliphatic hydroxyl groups excluding tert-OH is 1. The van der Waals surface area contributed by atoms with E-state index in [4.69, 9.17) is 0 Å². The lowest BCUT2D eigenvalue weighted by molar-refractivity contribution is -0.0513. The van der Waals surface area contributed by atoms with E-state index in [-0.39, 0.29) is 0 Å². The highest BCUT2D eigenvalue weighted by Gasteiger charge is 2.42. The zero-order chi connectivity index (χ0) is 10.2. The van der Waals surface area contributed by atoms with Crippen molar-refractivity contribution >= 4 is 0 Å². The van der Waals surface area contributed by atoms with Gasteiger partial charge in [-0.1, -0.05) is 27.7 Å². The van der Waals surface area contributed by atoms with Crippen molar-refractivity contribution in [1.82, 2.24) is 4.90 Å². The number of aliphatic hydroxyl groups is 1. The van der Waals surface area contributed by atoms with Crippen molar-refractivity contribution in [3.63, 3.8) is 0 Å². The number of rotatable bonds is 2. The highest BCUT2D eigenvalue weighted by molar-refractivity contribution is 4.94. The molecule has 0 aromatic rings. The summed E-state index contributed by atoms with van der Waals surface area (Å²) in [5, 5.41) is 9.20. The van der Waals surface area contributed by atoms with Crippen molar-refractivity contribution in [3.8, 4) is 0 Å². The molecular weight excluding hydrogens is 162 g/mol. The Hall–Kier alpha value is -0.0800. The highest BCUT2D eigenvalue weighted by Crippen LogP contribution is 2.39. The fourth-order valence-corrected chi connectivity index (χ4v) is 2.19. The Morgan fingerprint density at radius 3 is 2.31 bits per heavy atom. The maximum Gasteiger partial charge on any atom is 0.0590 e. The molecule has 0 saturated carbocycles. The molecule has 78 valence electrons. The monoisotopic (exact) mass is 185 g/mol. The lowest BCUT2D eigenvalue weighted by Crippen LogP contribution is -2.59. The molecule has 2 nitrogen and oxygen atoms in total. The van der Waals surface area contributed by atoms with Crippen LogP contribution in [0.3, 0.4) is 0 Å². The van der Waals surface area contributed by atoms with Gasteiger partial charge in [-0.25, -0.2) is 0 Å². The number of hydrogen-bond donors (Lipinski definition) is 1. The minimum absolute atomic E-state index is 0.307. The molecule has 1 unspecified atom stereocenters.